The molecule has 0 bridgehead atoms. The number of carboxylic acids is 1. The molecule has 4 nitrogen and oxygen atoms in total. The second-order valence-electron chi connectivity index (χ2n) is 3.80. The van der Waals surface area contributed by atoms with Crippen LogP contribution in [0.3, 0.4) is 0 Å². The van der Waals surface area contributed by atoms with E-state index in [4.69, 9.17) is 15.6 Å². The summed E-state index contributed by atoms with van der Waals surface area (Å²) in [6.45, 7) is 2.19. The third-order valence-corrected chi connectivity index (χ3v) is 2.46. The van der Waals surface area contributed by atoms with Gasteiger partial charge in [-0.05, 0) is 25.3 Å². The van der Waals surface area contributed by atoms with Crippen molar-refractivity contribution in [3.05, 3.63) is 23.8 Å². The Bertz CT molecular complexity index is 387. The zero-order valence-electron chi connectivity index (χ0n) is 9.85. The number of hydrogen-bond donors (Lipinski definition) is 2. The number of allylic oxidation sites excluding steroid dienone is 1. The molecule has 17 heavy (non-hydrogen) atoms. The van der Waals surface area contributed by atoms with Crippen LogP contribution >= 0.6 is 0 Å². The van der Waals surface area contributed by atoms with Gasteiger partial charge in [-0.2, -0.15) is 0 Å². The summed E-state index contributed by atoms with van der Waals surface area (Å²) in [4.78, 5) is 10.6. The molecular formula is C13H17NO3. The Labute approximate surface area is 101 Å². The molecule has 1 aliphatic carbocycles. The summed E-state index contributed by atoms with van der Waals surface area (Å²) in [5.41, 5.74) is 6.40. The average molecular weight is 235 g/mol. The Hall–Kier alpha value is -1.57. The topological polar surface area (TPSA) is 72.5 Å². The summed E-state index contributed by atoms with van der Waals surface area (Å²) < 4.78 is 5.47. The van der Waals surface area contributed by atoms with Crippen molar-refractivity contribution in [2.75, 3.05) is 6.61 Å². The molecule has 4 heteroatoms. The monoisotopic (exact) mass is 235 g/mol. The molecule has 0 aromatic rings. The molecule has 2 atom stereocenters. The molecule has 0 aromatic heterocycles. The fourth-order valence-electron chi connectivity index (χ4n) is 1.48. The normalized spacial score (nSPS) is 20.1. The molecule has 0 spiro atoms. The number of carbonyl (C=O) groups is 1. The van der Waals surface area contributed by atoms with Gasteiger partial charge in [0.15, 0.2) is 0 Å². The van der Waals surface area contributed by atoms with Crippen LogP contribution in [0.15, 0.2) is 23.8 Å². The maximum Gasteiger partial charge on any atom is 0.320 e. The predicted octanol–water partition coefficient (Wildman–Crippen LogP) is 1.08. The van der Waals surface area contributed by atoms with Crippen molar-refractivity contribution in [1.29, 1.82) is 0 Å². The van der Waals surface area contributed by atoms with Crippen LogP contribution in [0.4, 0.5) is 0 Å². The van der Waals surface area contributed by atoms with Crippen molar-refractivity contribution < 1.29 is 14.6 Å². The average Bonchev–Trinajstić information content (AvgIpc) is 2.31. The summed E-state index contributed by atoms with van der Waals surface area (Å²) in [5, 5.41) is 8.69. The first-order chi connectivity index (χ1) is 8.13. The van der Waals surface area contributed by atoms with E-state index < -0.39 is 12.0 Å². The van der Waals surface area contributed by atoms with Crippen LogP contribution in [0.1, 0.15) is 19.8 Å². The maximum absolute atomic E-state index is 10.6. The highest BCUT2D eigenvalue weighted by Crippen LogP contribution is 2.16. The van der Waals surface area contributed by atoms with Gasteiger partial charge in [0.1, 0.15) is 12.6 Å². The number of hydrogen-bond acceptors (Lipinski definition) is 3. The zero-order chi connectivity index (χ0) is 12.7. The minimum absolute atomic E-state index is 0.0284. The zero-order valence-corrected chi connectivity index (χ0v) is 9.85. The van der Waals surface area contributed by atoms with Gasteiger partial charge in [0.25, 0.3) is 0 Å². The quantitative estimate of drug-likeness (QED) is 0.699. The van der Waals surface area contributed by atoms with E-state index in [0.29, 0.717) is 13.0 Å². The number of nitrogens with two attached hydrogens (primary N) is 1. The minimum atomic E-state index is -0.976. The van der Waals surface area contributed by atoms with Crippen molar-refractivity contribution in [1.82, 2.24) is 0 Å². The van der Waals surface area contributed by atoms with Gasteiger partial charge >= 0.3 is 5.97 Å². The molecule has 0 fully saturated rings. The van der Waals surface area contributed by atoms with Gasteiger partial charge in [0.05, 0.1) is 6.10 Å². The second kappa shape index (κ2) is 6.89. The van der Waals surface area contributed by atoms with Crippen LogP contribution in [0.2, 0.25) is 0 Å². The summed E-state index contributed by atoms with van der Waals surface area (Å²) >= 11 is 0. The number of aliphatic carboxylic acids is 1. The Morgan fingerprint density at radius 3 is 3.06 bits per heavy atom. The van der Waals surface area contributed by atoms with Crippen LogP contribution < -0.4 is 5.73 Å². The SMILES string of the molecule is CC#CCO[C@@H]1C=CC(C[C@H](N)C(=O)O)=CC1. The molecule has 1 rings (SSSR count). The molecule has 3 N–H and O–H groups in total. The van der Waals surface area contributed by atoms with E-state index in [2.05, 4.69) is 11.8 Å². The van der Waals surface area contributed by atoms with Crippen molar-refractivity contribution in [3.8, 4) is 11.8 Å². The summed E-state index contributed by atoms with van der Waals surface area (Å²) in [6.07, 6.45) is 6.88. The van der Waals surface area contributed by atoms with Gasteiger partial charge in [-0.3, -0.25) is 4.79 Å². The van der Waals surface area contributed by atoms with Gasteiger partial charge in [-0.25, -0.2) is 0 Å². The first-order valence-corrected chi connectivity index (χ1v) is 5.50. The lowest BCUT2D eigenvalue weighted by Crippen LogP contribution is -2.30. The highest BCUT2D eigenvalue weighted by molar-refractivity contribution is 5.73. The van der Waals surface area contributed by atoms with E-state index >= 15 is 0 Å². The molecule has 0 saturated carbocycles. The van der Waals surface area contributed by atoms with E-state index in [1.807, 2.05) is 18.2 Å². The lowest BCUT2D eigenvalue weighted by molar-refractivity contribution is -0.138. The van der Waals surface area contributed by atoms with Gasteiger partial charge in [-0.1, -0.05) is 24.1 Å². The Balaban J connectivity index is 2.37. The lowest BCUT2D eigenvalue weighted by atomic mass is 9.99. The van der Waals surface area contributed by atoms with E-state index in [1.54, 1.807) is 6.92 Å². The molecule has 0 saturated heterocycles. The Morgan fingerprint density at radius 2 is 2.53 bits per heavy atom. The van der Waals surface area contributed by atoms with Crippen molar-refractivity contribution in [2.45, 2.75) is 31.9 Å². The predicted molar refractivity (Wildman–Crippen MR) is 65.3 cm³/mol. The smallest absolute Gasteiger partial charge is 0.320 e. The molecule has 0 radical (unpaired) electrons. The second-order valence-corrected chi connectivity index (χ2v) is 3.80. The van der Waals surface area contributed by atoms with Crippen molar-refractivity contribution >= 4 is 5.97 Å². The van der Waals surface area contributed by atoms with E-state index in [9.17, 15) is 4.79 Å². The van der Waals surface area contributed by atoms with Crippen molar-refractivity contribution in [3.63, 3.8) is 0 Å². The molecule has 0 amide bonds. The van der Waals surface area contributed by atoms with E-state index in [1.165, 1.54) is 0 Å². The van der Waals surface area contributed by atoms with Crippen LogP contribution in [-0.4, -0.2) is 29.8 Å². The van der Waals surface area contributed by atoms with Crippen molar-refractivity contribution in [2.24, 2.45) is 5.73 Å². The molecule has 0 unspecified atom stereocenters. The van der Waals surface area contributed by atoms with Crippen LogP contribution in [-0.2, 0) is 9.53 Å². The Morgan fingerprint density at radius 1 is 1.76 bits per heavy atom. The fraction of sp³-hybridized carbons (Fsp3) is 0.462. The van der Waals surface area contributed by atoms with E-state index in [0.717, 1.165) is 12.0 Å². The lowest BCUT2D eigenvalue weighted by Gasteiger charge is -2.16. The summed E-state index contributed by atoms with van der Waals surface area (Å²) in [5.74, 6) is 4.61. The van der Waals surface area contributed by atoms with Crippen LogP contribution in [0, 0.1) is 11.8 Å². The molecular weight excluding hydrogens is 218 g/mol. The van der Waals surface area contributed by atoms with Gasteiger partial charge < -0.3 is 15.6 Å². The highest BCUT2D eigenvalue weighted by Gasteiger charge is 2.15. The largest absolute Gasteiger partial charge is 0.480 e. The van der Waals surface area contributed by atoms with Gasteiger partial charge in [0.2, 0.25) is 0 Å². The third kappa shape index (κ3) is 4.85. The Kier molecular flexibility index (Phi) is 5.47. The molecule has 0 aliphatic heterocycles. The van der Waals surface area contributed by atoms with Crippen LogP contribution in [0.25, 0.3) is 0 Å². The first-order valence-electron chi connectivity index (χ1n) is 5.50. The highest BCUT2D eigenvalue weighted by atomic mass is 16.5. The van der Waals surface area contributed by atoms with Gasteiger partial charge in [0, 0.05) is 0 Å². The van der Waals surface area contributed by atoms with Crippen LogP contribution in [0.5, 0.6) is 0 Å². The number of rotatable bonds is 5. The van der Waals surface area contributed by atoms with Gasteiger partial charge in [-0.15, -0.1) is 5.92 Å². The first kappa shape index (κ1) is 13.5. The summed E-state index contributed by atoms with van der Waals surface area (Å²) in [6, 6.07) is -0.839. The molecule has 1 aliphatic rings. The molecule has 92 valence electrons. The minimum Gasteiger partial charge on any atom is -0.480 e. The van der Waals surface area contributed by atoms with E-state index in [-0.39, 0.29) is 6.10 Å². The number of carboxylic acid groups (broad SMARTS) is 1. The summed E-state index contributed by atoms with van der Waals surface area (Å²) in [7, 11) is 0. The molecule has 0 heterocycles. The number of ether oxygens (including phenoxy) is 1. The maximum atomic E-state index is 10.6. The standard InChI is InChI=1S/C13H17NO3/c1-2-3-8-17-11-6-4-10(5-7-11)9-12(14)13(15)16/h4-6,11-12H,7-9,14H2,1H3,(H,15,16)/t11-,12+/m1/s1. The fourth-order valence-corrected chi connectivity index (χ4v) is 1.48. The third-order valence-electron chi connectivity index (χ3n) is 2.46. The molecule has 0 aromatic carbocycles.